The number of aromatic nitrogens is 3. The van der Waals surface area contributed by atoms with Crippen molar-refractivity contribution < 1.29 is 27.8 Å². The van der Waals surface area contributed by atoms with Gasteiger partial charge in [-0.2, -0.15) is 0 Å². The van der Waals surface area contributed by atoms with Crippen LogP contribution in [-0.2, 0) is 6.54 Å². The van der Waals surface area contributed by atoms with Crippen LogP contribution in [0.1, 0.15) is 11.3 Å². The van der Waals surface area contributed by atoms with Crippen LogP contribution in [0.5, 0.6) is 17.4 Å². The summed E-state index contributed by atoms with van der Waals surface area (Å²) >= 11 is 0. The molecular formula is C22H18F3N3O4. The molecule has 0 saturated heterocycles. The van der Waals surface area contributed by atoms with Crippen molar-refractivity contribution in [3.8, 4) is 23.1 Å². The Labute approximate surface area is 179 Å². The van der Waals surface area contributed by atoms with E-state index in [2.05, 4.69) is 9.72 Å². The Kier molecular flexibility index (Phi) is 5.29. The van der Waals surface area contributed by atoms with Crippen LogP contribution < -0.4 is 15.2 Å². The Morgan fingerprint density at radius 3 is 2.41 bits per heavy atom. The Morgan fingerprint density at radius 1 is 1.06 bits per heavy atom. The Hall–Kier alpha value is -3.95. The van der Waals surface area contributed by atoms with Gasteiger partial charge in [-0.25, -0.2) is 9.36 Å². The van der Waals surface area contributed by atoms with Gasteiger partial charge >= 0.3 is 12.1 Å². The molecule has 0 spiro atoms. The Bertz CT molecular complexity index is 1340. The summed E-state index contributed by atoms with van der Waals surface area (Å²) in [6.45, 7) is 1.73. The van der Waals surface area contributed by atoms with Gasteiger partial charge in [0.15, 0.2) is 0 Å². The number of halogens is 3. The molecule has 32 heavy (non-hydrogen) atoms. The topological polar surface area (TPSA) is 78.5 Å². The van der Waals surface area contributed by atoms with E-state index in [4.69, 9.17) is 4.74 Å². The lowest BCUT2D eigenvalue weighted by Crippen LogP contribution is -2.24. The summed E-state index contributed by atoms with van der Waals surface area (Å²) in [5.41, 5.74) is 1.46. The van der Waals surface area contributed by atoms with Gasteiger partial charge < -0.3 is 14.6 Å². The lowest BCUT2D eigenvalue weighted by Gasteiger charge is -2.10. The number of rotatable bonds is 5. The first-order chi connectivity index (χ1) is 15.2. The molecule has 0 bridgehead atoms. The van der Waals surface area contributed by atoms with Crippen LogP contribution in [-0.4, -0.2) is 32.7 Å². The lowest BCUT2D eigenvalue weighted by molar-refractivity contribution is -0.274. The Balaban J connectivity index is 1.74. The van der Waals surface area contributed by atoms with E-state index in [-0.39, 0.29) is 18.1 Å². The standard InChI is InChI=1S/C22H18F3N3O4/c1-13-20(29)28(15-3-5-16(6-4-15)32-22(23,24)25)21(30)27(13)12-14-9-10-26-19-8-7-17(31-2)11-18(14)19/h3-11,29H,12H2,1-2H3. The number of alkyl halides is 3. The summed E-state index contributed by atoms with van der Waals surface area (Å²) in [4.78, 5) is 17.4. The van der Waals surface area contributed by atoms with E-state index in [1.54, 1.807) is 38.4 Å². The van der Waals surface area contributed by atoms with Crippen molar-refractivity contribution in [3.63, 3.8) is 0 Å². The predicted molar refractivity (Wildman–Crippen MR) is 111 cm³/mol. The monoisotopic (exact) mass is 445 g/mol. The highest BCUT2D eigenvalue weighted by Gasteiger charge is 2.31. The third-order valence-electron chi connectivity index (χ3n) is 5.06. The van der Waals surface area contributed by atoms with E-state index in [0.717, 1.165) is 33.2 Å². The van der Waals surface area contributed by atoms with Gasteiger partial charge in [0.1, 0.15) is 11.5 Å². The van der Waals surface area contributed by atoms with Crippen LogP contribution in [0, 0.1) is 6.92 Å². The zero-order valence-electron chi connectivity index (χ0n) is 17.1. The fraction of sp³-hybridized carbons (Fsp3) is 0.182. The number of fused-ring (bicyclic) bond motifs is 1. The normalized spacial score (nSPS) is 11.7. The molecule has 0 aliphatic rings. The number of hydrogen-bond donors (Lipinski definition) is 1. The molecule has 0 radical (unpaired) electrons. The summed E-state index contributed by atoms with van der Waals surface area (Å²) in [7, 11) is 1.55. The van der Waals surface area contributed by atoms with Crippen molar-refractivity contribution in [2.45, 2.75) is 19.8 Å². The SMILES string of the molecule is COc1ccc2nccc(Cn3c(C)c(O)n(-c4ccc(OC(F)(F)F)cc4)c3=O)c2c1. The molecule has 0 amide bonds. The van der Waals surface area contributed by atoms with Crippen molar-refractivity contribution in [1.29, 1.82) is 0 Å². The molecule has 2 heterocycles. The number of pyridine rings is 1. The highest BCUT2D eigenvalue weighted by Crippen LogP contribution is 2.27. The average molecular weight is 445 g/mol. The zero-order valence-corrected chi connectivity index (χ0v) is 17.1. The molecule has 0 unspecified atom stereocenters. The second kappa shape index (κ2) is 7.95. The van der Waals surface area contributed by atoms with Gasteiger partial charge in [-0.1, -0.05) is 0 Å². The molecular weight excluding hydrogens is 427 g/mol. The quantitative estimate of drug-likeness (QED) is 0.499. The number of ether oxygens (including phenoxy) is 2. The van der Waals surface area contributed by atoms with Gasteiger partial charge in [0, 0.05) is 11.6 Å². The van der Waals surface area contributed by atoms with Crippen LogP contribution in [0.4, 0.5) is 13.2 Å². The fourth-order valence-electron chi connectivity index (χ4n) is 3.47. The van der Waals surface area contributed by atoms with Crippen LogP contribution in [0.3, 0.4) is 0 Å². The third kappa shape index (κ3) is 3.98. The van der Waals surface area contributed by atoms with Crippen molar-refractivity contribution >= 4 is 10.9 Å². The zero-order chi connectivity index (χ0) is 23.0. The lowest BCUT2D eigenvalue weighted by atomic mass is 10.1. The highest BCUT2D eigenvalue weighted by molar-refractivity contribution is 5.83. The molecule has 166 valence electrons. The van der Waals surface area contributed by atoms with Crippen molar-refractivity contribution in [2.75, 3.05) is 7.11 Å². The maximum absolute atomic E-state index is 13.1. The number of imidazole rings is 1. The van der Waals surface area contributed by atoms with Crippen molar-refractivity contribution in [2.24, 2.45) is 0 Å². The highest BCUT2D eigenvalue weighted by atomic mass is 19.4. The molecule has 2 aromatic carbocycles. The van der Waals surface area contributed by atoms with E-state index in [9.17, 15) is 23.1 Å². The number of methoxy groups -OCH3 is 1. The van der Waals surface area contributed by atoms with Crippen molar-refractivity contribution in [1.82, 2.24) is 14.1 Å². The van der Waals surface area contributed by atoms with E-state index in [0.29, 0.717) is 11.4 Å². The molecule has 10 heteroatoms. The minimum absolute atomic E-state index is 0.146. The molecule has 0 saturated carbocycles. The van der Waals surface area contributed by atoms with Gasteiger partial charge in [-0.05, 0) is 61.0 Å². The first kappa shape index (κ1) is 21.3. The minimum atomic E-state index is -4.82. The number of benzene rings is 2. The maximum Gasteiger partial charge on any atom is 0.573 e. The predicted octanol–water partition coefficient (Wildman–Crippen LogP) is 4.16. The summed E-state index contributed by atoms with van der Waals surface area (Å²) in [6.07, 6.45) is -3.20. The average Bonchev–Trinajstić information content (AvgIpc) is 2.96. The van der Waals surface area contributed by atoms with Crippen LogP contribution in [0.25, 0.3) is 16.6 Å². The molecule has 0 aliphatic carbocycles. The second-order valence-corrected chi connectivity index (χ2v) is 7.01. The smallest absolute Gasteiger partial charge is 0.497 e. The number of nitrogens with zero attached hydrogens (tertiary/aromatic N) is 3. The maximum atomic E-state index is 13.1. The summed E-state index contributed by atoms with van der Waals surface area (Å²) in [5, 5.41) is 11.4. The summed E-state index contributed by atoms with van der Waals surface area (Å²) in [6, 6.07) is 11.8. The van der Waals surface area contributed by atoms with E-state index >= 15 is 0 Å². The van der Waals surface area contributed by atoms with Gasteiger partial charge in [-0.3, -0.25) is 9.55 Å². The largest absolute Gasteiger partial charge is 0.573 e. The van der Waals surface area contributed by atoms with Crippen molar-refractivity contribution in [3.05, 3.63) is 76.5 Å². The summed E-state index contributed by atoms with van der Waals surface area (Å²) in [5.74, 6) is -0.102. The fourth-order valence-corrected chi connectivity index (χ4v) is 3.47. The summed E-state index contributed by atoms with van der Waals surface area (Å²) < 4.78 is 48.7. The first-order valence-corrected chi connectivity index (χ1v) is 9.47. The van der Waals surface area contributed by atoms with Crippen LogP contribution >= 0.6 is 0 Å². The van der Waals surface area contributed by atoms with E-state index in [1.165, 1.54) is 16.7 Å². The van der Waals surface area contributed by atoms with Gasteiger partial charge in [0.25, 0.3) is 0 Å². The molecule has 2 aromatic heterocycles. The Morgan fingerprint density at radius 2 is 1.75 bits per heavy atom. The molecule has 0 fully saturated rings. The minimum Gasteiger partial charge on any atom is -0.497 e. The van der Waals surface area contributed by atoms with Crippen LogP contribution in [0.2, 0.25) is 0 Å². The molecule has 4 rings (SSSR count). The van der Waals surface area contributed by atoms with Gasteiger partial charge in [-0.15, -0.1) is 13.2 Å². The molecule has 0 aliphatic heterocycles. The third-order valence-corrected chi connectivity index (χ3v) is 5.06. The van der Waals surface area contributed by atoms with Crippen LogP contribution in [0.15, 0.2) is 59.5 Å². The number of aromatic hydroxyl groups is 1. The number of hydrogen-bond acceptors (Lipinski definition) is 5. The first-order valence-electron chi connectivity index (χ1n) is 9.47. The molecule has 1 N–H and O–H groups in total. The second-order valence-electron chi connectivity index (χ2n) is 7.01. The van der Waals surface area contributed by atoms with E-state index < -0.39 is 17.8 Å². The van der Waals surface area contributed by atoms with E-state index in [1.807, 2.05) is 6.07 Å². The molecule has 4 aromatic rings. The molecule has 0 atom stereocenters. The van der Waals surface area contributed by atoms with Gasteiger partial charge in [0.2, 0.25) is 5.88 Å². The van der Waals surface area contributed by atoms with Gasteiger partial charge in [0.05, 0.1) is 30.6 Å². The molecule has 7 nitrogen and oxygen atoms in total.